The number of aryl methyl sites for hydroxylation is 1. The van der Waals surface area contributed by atoms with E-state index in [1.807, 2.05) is 36.4 Å². The first kappa shape index (κ1) is 23.6. The number of rotatable bonds is 3. The van der Waals surface area contributed by atoms with E-state index >= 15 is 13.3 Å². The summed E-state index contributed by atoms with van der Waals surface area (Å²) in [5.41, 5.74) is -1.39. The summed E-state index contributed by atoms with van der Waals surface area (Å²) in [5, 5.41) is 3.85. The molecule has 7 heteroatoms. The van der Waals surface area contributed by atoms with E-state index in [9.17, 15) is 13.2 Å². The van der Waals surface area contributed by atoms with Gasteiger partial charge in [0, 0.05) is 5.30 Å². The Bertz CT molecular complexity index is 1870. The second-order valence-corrected chi connectivity index (χ2v) is 11.8. The van der Waals surface area contributed by atoms with E-state index in [0.29, 0.717) is 11.5 Å². The maximum atomic E-state index is 15.6. The fourth-order valence-corrected chi connectivity index (χ4v) is 8.27. The highest BCUT2D eigenvalue weighted by molar-refractivity contribution is 7.85. The predicted molar refractivity (Wildman–Crippen MR) is 139 cm³/mol. The number of alkyl halides is 3. The van der Waals surface area contributed by atoms with Crippen LogP contribution in [0.2, 0.25) is 0 Å². The lowest BCUT2D eigenvalue weighted by molar-refractivity contribution is -0.139. The first-order chi connectivity index (χ1) is 17.6. The summed E-state index contributed by atoms with van der Waals surface area (Å²) in [6.07, 6.45) is -5.02. The van der Waals surface area contributed by atoms with Gasteiger partial charge in [0.2, 0.25) is 0 Å². The maximum Gasteiger partial charge on any atom is 0.419 e. The quantitative estimate of drug-likeness (QED) is 0.132. The lowest BCUT2D eigenvalue weighted by Crippen LogP contribution is -2.31. The van der Waals surface area contributed by atoms with Crippen molar-refractivity contribution in [1.82, 2.24) is 0 Å². The Morgan fingerprint density at radius 1 is 0.595 bits per heavy atom. The van der Waals surface area contributed by atoms with E-state index in [4.69, 9.17) is 0 Å². The Morgan fingerprint density at radius 3 is 1.81 bits per heavy atom. The maximum absolute atomic E-state index is 15.6. The summed E-state index contributed by atoms with van der Waals surface area (Å²) in [6.45, 7) is 1.47. The van der Waals surface area contributed by atoms with E-state index in [1.54, 1.807) is 12.1 Å². The van der Waals surface area contributed by atoms with Gasteiger partial charge in [-0.25, -0.2) is 8.78 Å². The minimum absolute atomic E-state index is 0.0842. The molecule has 1 nitrogen and oxygen atoms in total. The van der Waals surface area contributed by atoms with Crippen molar-refractivity contribution in [2.75, 3.05) is 0 Å². The Balaban J connectivity index is 1.80. The molecule has 0 aliphatic carbocycles. The van der Waals surface area contributed by atoms with Crippen LogP contribution in [-0.2, 0) is 10.7 Å². The molecule has 0 saturated heterocycles. The Morgan fingerprint density at radius 2 is 1.14 bits per heavy atom. The Kier molecular flexibility index (Phi) is 5.19. The van der Waals surface area contributed by atoms with Gasteiger partial charge in [0.25, 0.3) is 0 Å². The largest absolute Gasteiger partial charge is 0.419 e. The molecular formula is C30H18F5OP. The van der Waals surface area contributed by atoms with Crippen molar-refractivity contribution in [3.63, 3.8) is 0 Å². The van der Waals surface area contributed by atoms with Crippen molar-refractivity contribution in [3.05, 3.63) is 114 Å². The number of halogens is 5. The average molecular weight is 520 g/mol. The molecule has 0 saturated carbocycles. The molecule has 6 aromatic carbocycles. The summed E-state index contributed by atoms with van der Waals surface area (Å²) >= 11 is 0. The second-order valence-electron chi connectivity index (χ2n) is 9.09. The van der Waals surface area contributed by atoms with Crippen LogP contribution in [0.15, 0.2) is 91.0 Å². The van der Waals surface area contributed by atoms with Gasteiger partial charge in [0.1, 0.15) is 11.6 Å². The first-order valence-corrected chi connectivity index (χ1v) is 13.2. The number of benzene rings is 6. The molecule has 0 N–H and O–H groups in total. The van der Waals surface area contributed by atoms with Crippen molar-refractivity contribution in [2.24, 2.45) is 0 Å². The molecule has 0 aliphatic heterocycles. The van der Waals surface area contributed by atoms with Gasteiger partial charge in [-0.05, 0) is 69.1 Å². The van der Waals surface area contributed by atoms with Gasteiger partial charge in [-0.15, -0.1) is 0 Å². The summed E-state index contributed by atoms with van der Waals surface area (Å²) in [4.78, 5) is 0. The summed E-state index contributed by atoms with van der Waals surface area (Å²) in [7, 11) is -4.48. The SMILES string of the molecule is Cc1cccc(P(=O)(c2cccc(C(F)(F)F)c2F)c2ccc3ccc4cccc5ccc2c3c45)c1F. The van der Waals surface area contributed by atoms with E-state index in [-0.39, 0.29) is 16.2 Å². The molecule has 0 heterocycles. The highest BCUT2D eigenvalue weighted by Gasteiger charge is 2.42. The number of hydrogen-bond donors (Lipinski definition) is 0. The second kappa shape index (κ2) is 8.12. The molecule has 6 rings (SSSR count). The molecule has 1 atom stereocenters. The predicted octanol–water partition coefficient (Wildman–Crippen LogP) is 7.83. The topological polar surface area (TPSA) is 17.1 Å². The highest BCUT2D eigenvalue weighted by atomic mass is 31.2. The molecule has 0 amide bonds. The minimum atomic E-state index is -5.02. The monoisotopic (exact) mass is 520 g/mol. The third-order valence-electron chi connectivity index (χ3n) is 6.98. The first-order valence-electron chi connectivity index (χ1n) is 11.5. The van der Waals surface area contributed by atoms with Crippen LogP contribution in [0.1, 0.15) is 11.1 Å². The van der Waals surface area contributed by atoms with Gasteiger partial charge < -0.3 is 4.57 Å². The lowest BCUT2D eigenvalue weighted by Gasteiger charge is -2.25. The standard InChI is InChI=1S/C30H18F5OP/c1-17-5-2-9-24(28(17)31)37(36,25-10-4-8-22(29(25)32)30(33,34)35)23-16-14-20-12-11-18-6-3-7-19-13-15-21(23)27(20)26(18)19/h2-16H,1H3. The molecular weight excluding hydrogens is 502 g/mol. The van der Waals surface area contributed by atoms with E-state index in [2.05, 4.69) is 0 Å². The molecule has 0 aromatic heterocycles. The summed E-state index contributed by atoms with van der Waals surface area (Å²) in [6, 6.07) is 23.3. The lowest BCUT2D eigenvalue weighted by atomic mass is 9.94. The molecule has 6 aromatic rings. The van der Waals surface area contributed by atoms with Crippen LogP contribution in [0.5, 0.6) is 0 Å². The van der Waals surface area contributed by atoms with Crippen molar-refractivity contribution in [2.45, 2.75) is 13.1 Å². The average Bonchev–Trinajstić information content (AvgIpc) is 2.88. The van der Waals surface area contributed by atoms with Crippen LogP contribution in [0.3, 0.4) is 0 Å². The van der Waals surface area contributed by atoms with E-state index < -0.39 is 35.8 Å². The molecule has 1 unspecified atom stereocenters. The zero-order valence-corrected chi connectivity index (χ0v) is 20.3. The highest BCUT2D eigenvalue weighted by Crippen LogP contribution is 2.49. The fourth-order valence-electron chi connectivity index (χ4n) is 5.24. The van der Waals surface area contributed by atoms with Gasteiger partial charge in [-0.1, -0.05) is 66.7 Å². The van der Waals surface area contributed by atoms with Gasteiger partial charge in [0.15, 0.2) is 7.14 Å². The third-order valence-corrected chi connectivity index (χ3v) is 10.1. The zero-order chi connectivity index (χ0) is 26.1. The molecule has 0 spiro atoms. The Labute approximate surface area is 208 Å². The van der Waals surface area contributed by atoms with Crippen LogP contribution in [0.4, 0.5) is 22.0 Å². The number of hydrogen-bond acceptors (Lipinski definition) is 1. The molecule has 0 radical (unpaired) electrons. The fraction of sp³-hybridized carbons (Fsp3) is 0.0667. The van der Waals surface area contributed by atoms with Crippen LogP contribution >= 0.6 is 7.14 Å². The summed E-state index contributed by atoms with van der Waals surface area (Å²) < 4.78 is 87.5. The van der Waals surface area contributed by atoms with Crippen LogP contribution in [0, 0.1) is 18.6 Å². The normalized spacial score (nSPS) is 14.0. The van der Waals surface area contributed by atoms with Crippen molar-refractivity contribution in [3.8, 4) is 0 Å². The van der Waals surface area contributed by atoms with Crippen molar-refractivity contribution in [1.29, 1.82) is 0 Å². The van der Waals surface area contributed by atoms with Gasteiger partial charge >= 0.3 is 6.18 Å². The van der Waals surface area contributed by atoms with Crippen LogP contribution < -0.4 is 15.9 Å². The third kappa shape index (κ3) is 3.39. The van der Waals surface area contributed by atoms with E-state index in [0.717, 1.165) is 39.1 Å². The van der Waals surface area contributed by atoms with Crippen LogP contribution in [0.25, 0.3) is 32.3 Å². The van der Waals surface area contributed by atoms with Crippen molar-refractivity contribution < 1.29 is 26.5 Å². The summed E-state index contributed by atoms with van der Waals surface area (Å²) in [5.74, 6) is -2.50. The van der Waals surface area contributed by atoms with Gasteiger partial charge in [0.05, 0.1) is 16.2 Å². The Hall–Kier alpha value is -3.76. The van der Waals surface area contributed by atoms with E-state index in [1.165, 1.54) is 31.2 Å². The molecule has 0 fully saturated rings. The molecule has 184 valence electrons. The van der Waals surface area contributed by atoms with Crippen molar-refractivity contribution >= 4 is 55.4 Å². The molecule has 0 bridgehead atoms. The van der Waals surface area contributed by atoms with Gasteiger partial charge in [-0.3, -0.25) is 0 Å². The molecule has 37 heavy (non-hydrogen) atoms. The minimum Gasteiger partial charge on any atom is -0.308 e. The van der Waals surface area contributed by atoms with Gasteiger partial charge in [-0.2, -0.15) is 13.2 Å². The zero-order valence-electron chi connectivity index (χ0n) is 19.4. The molecule has 0 aliphatic rings. The smallest absolute Gasteiger partial charge is 0.308 e. The van der Waals surface area contributed by atoms with Crippen LogP contribution in [-0.4, -0.2) is 0 Å².